The van der Waals surface area contributed by atoms with Gasteiger partial charge in [-0.1, -0.05) is 0 Å². The van der Waals surface area contributed by atoms with Crippen molar-refractivity contribution >= 4 is 17.5 Å². The van der Waals surface area contributed by atoms with Gasteiger partial charge in [-0.2, -0.15) is 11.8 Å². The third-order valence-electron chi connectivity index (χ3n) is 3.63. The maximum Gasteiger partial charge on any atom is 0.179 e. The van der Waals surface area contributed by atoms with Gasteiger partial charge in [-0.3, -0.25) is 9.69 Å². The number of Topliss-reactive ketones (excluding diaryl/α,β-unsaturated/α-hetero) is 1. The first kappa shape index (κ1) is 17.1. The molecular formula is C15H21F2NOS. The summed E-state index contributed by atoms with van der Waals surface area (Å²) in [6.07, 6.45) is 3.02. The lowest BCUT2D eigenvalue weighted by atomic mass is 10.0. The van der Waals surface area contributed by atoms with Crippen LogP contribution in [0.3, 0.4) is 0 Å². The first-order valence-electron chi connectivity index (χ1n) is 6.58. The van der Waals surface area contributed by atoms with Crippen molar-refractivity contribution < 1.29 is 13.6 Å². The summed E-state index contributed by atoms with van der Waals surface area (Å²) in [5.41, 5.74) is 0.209. The van der Waals surface area contributed by atoms with Crippen LogP contribution in [0.4, 0.5) is 8.78 Å². The van der Waals surface area contributed by atoms with E-state index in [1.165, 1.54) is 6.07 Å². The van der Waals surface area contributed by atoms with Crippen molar-refractivity contribution in [2.24, 2.45) is 0 Å². The van der Waals surface area contributed by atoms with Gasteiger partial charge in [-0.05, 0) is 57.5 Å². The Morgan fingerprint density at radius 3 is 2.50 bits per heavy atom. The van der Waals surface area contributed by atoms with Crippen LogP contribution in [0.5, 0.6) is 0 Å². The van der Waals surface area contributed by atoms with E-state index in [1.54, 1.807) is 18.7 Å². The lowest BCUT2D eigenvalue weighted by Crippen LogP contribution is -2.42. The fraction of sp³-hybridized carbons (Fsp3) is 0.533. The molecule has 0 spiro atoms. The molecule has 0 aliphatic rings. The zero-order chi connectivity index (χ0) is 15.3. The van der Waals surface area contributed by atoms with Gasteiger partial charge in [0, 0.05) is 11.6 Å². The van der Waals surface area contributed by atoms with E-state index in [0.29, 0.717) is 0 Å². The maximum absolute atomic E-state index is 13.2. The topological polar surface area (TPSA) is 20.3 Å². The molecule has 0 amide bonds. The van der Waals surface area contributed by atoms with E-state index in [9.17, 15) is 13.6 Å². The average molecular weight is 301 g/mol. The number of carbonyl (C=O) groups is 1. The highest BCUT2D eigenvalue weighted by Crippen LogP contribution is 2.15. The number of halogens is 2. The van der Waals surface area contributed by atoms with E-state index in [-0.39, 0.29) is 23.4 Å². The Hall–Kier alpha value is -0.940. The highest BCUT2D eigenvalue weighted by molar-refractivity contribution is 7.98. The zero-order valence-electron chi connectivity index (χ0n) is 12.3. The van der Waals surface area contributed by atoms with E-state index >= 15 is 0 Å². The van der Waals surface area contributed by atoms with Gasteiger partial charge < -0.3 is 0 Å². The number of likely N-dealkylation sites (N-methyl/N-ethyl adjacent to an activating group) is 1. The number of nitrogens with zero attached hydrogens (tertiary/aromatic N) is 1. The van der Waals surface area contributed by atoms with Crippen LogP contribution in [0.1, 0.15) is 30.6 Å². The predicted molar refractivity (Wildman–Crippen MR) is 80.4 cm³/mol. The van der Waals surface area contributed by atoms with Crippen molar-refractivity contribution in [2.75, 3.05) is 19.1 Å². The molecule has 0 bridgehead atoms. The van der Waals surface area contributed by atoms with Crippen LogP contribution in [0.25, 0.3) is 0 Å². The van der Waals surface area contributed by atoms with Crippen LogP contribution in [0.15, 0.2) is 18.2 Å². The molecule has 0 radical (unpaired) electrons. The van der Waals surface area contributed by atoms with Gasteiger partial charge in [0.1, 0.15) is 0 Å². The van der Waals surface area contributed by atoms with Crippen molar-refractivity contribution in [3.05, 3.63) is 35.4 Å². The summed E-state index contributed by atoms with van der Waals surface area (Å²) in [4.78, 5) is 14.3. The van der Waals surface area contributed by atoms with Gasteiger partial charge in [0.25, 0.3) is 0 Å². The summed E-state index contributed by atoms with van der Waals surface area (Å²) in [5, 5.41) is 0. The molecule has 112 valence electrons. The number of benzene rings is 1. The molecule has 0 aromatic heterocycles. The van der Waals surface area contributed by atoms with Gasteiger partial charge in [-0.25, -0.2) is 8.78 Å². The second-order valence-electron chi connectivity index (χ2n) is 4.97. The highest BCUT2D eigenvalue weighted by Gasteiger charge is 2.23. The molecule has 0 N–H and O–H groups in total. The van der Waals surface area contributed by atoms with E-state index in [1.807, 2.05) is 18.2 Å². The molecule has 5 heteroatoms. The van der Waals surface area contributed by atoms with Crippen LogP contribution < -0.4 is 0 Å². The first-order valence-corrected chi connectivity index (χ1v) is 7.98. The Morgan fingerprint density at radius 2 is 1.95 bits per heavy atom. The minimum Gasteiger partial charge on any atom is -0.294 e. The molecular weight excluding hydrogens is 280 g/mol. The smallest absolute Gasteiger partial charge is 0.179 e. The minimum atomic E-state index is -0.985. The molecule has 1 aromatic carbocycles. The summed E-state index contributed by atoms with van der Waals surface area (Å²) in [7, 11) is 1.88. The molecule has 0 aliphatic heterocycles. The molecule has 1 aromatic rings. The van der Waals surface area contributed by atoms with E-state index in [0.717, 1.165) is 24.3 Å². The lowest BCUT2D eigenvalue weighted by molar-refractivity contribution is 0.0824. The number of rotatable bonds is 7. The Labute approximate surface area is 123 Å². The number of ketones is 1. The molecule has 2 unspecified atom stereocenters. The summed E-state index contributed by atoms with van der Waals surface area (Å²) in [5.74, 6) is -1.09. The highest BCUT2D eigenvalue weighted by atomic mass is 32.2. The number of hydrogen-bond acceptors (Lipinski definition) is 3. The summed E-state index contributed by atoms with van der Waals surface area (Å²) in [6.45, 7) is 3.85. The van der Waals surface area contributed by atoms with Crippen LogP contribution in [-0.4, -0.2) is 41.8 Å². The summed E-state index contributed by atoms with van der Waals surface area (Å²) < 4.78 is 26.1. The molecule has 2 nitrogen and oxygen atoms in total. The monoisotopic (exact) mass is 301 g/mol. The van der Waals surface area contributed by atoms with Gasteiger partial charge in [-0.15, -0.1) is 0 Å². The van der Waals surface area contributed by atoms with Crippen molar-refractivity contribution in [1.29, 1.82) is 0 Å². The van der Waals surface area contributed by atoms with Gasteiger partial charge in [0.15, 0.2) is 17.4 Å². The average Bonchev–Trinajstić information content (AvgIpc) is 2.45. The Morgan fingerprint density at radius 1 is 1.30 bits per heavy atom. The Kier molecular flexibility index (Phi) is 6.62. The van der Waals surface area contributed by atoms with Crippen LogP contribution >= 0.6 is 11.8 Å². The number of thioether (sulfide) groups is 1. The number of hydrogen-bond donors (Lipinski definition) is 0. The van der Waals surface area contributed by atoms with Crippen molar-refractivity contribution in [2.45, 2.75) is 32.4 Å². The molecule has 0 heterocycles. The standard InChI is InChI=1S/C15H21F2NOS/c1-10(7-8-20-4)18(3)11(2)15(19)12-5-6-13(16)14(17)9-12/h5-6,9-11H,7-8H2,1-4H3. The second-order valence-corrected chi connectivity index (χ2v) is 5.95. The van der Waals surface area contributed by atoms with Gasteiger partial charge in [0.05, 0.1) is 6.04 Å². The SMILES string of the molecule is CSCCC(C)N(C)C(C)C(=O)c1ccc(F)c(F)c1. The molecule has 2 atom stereocenters. The van der Waals surface area contributed by atoms with Crippen molar-refractivity contribution in [3.63, 3.8) is 0 Å². The molecule has 0 saturated carbocycles. The minimum absolute atomic E-state index is 0.192. The summed E-state index contributed by atoms with van der Waals surface area (Å²) >= 11 is 1.76. The Bertz CT molecular complexity index is 467. The molecule has 0 fully saturated rings. The third kappa shape index (κ3) is 4.28. The first-order chi connectivity index (χ1) is 9.38. The lowest BCUT2D eigenvalue weighted by Gasteiger charge is -2.29. The number of carbonyl (C=O) groups excluding carboxylic acids is 1. The van der Waals surface area contributed by atoms with Crippen LogP contribution in [0.2, 0.25) is 0 Å². The molecule has 1 rings (SSSR count). The van der Waals surface area contributed by atoms with E-state index in [2.05, 4.69) is 6.92 Å². The fourth-order valence-electron chi connectivity index (χ4n) is 1.95. The molecule has 20 heavy (non-hydrogen) atoms. The van der Waals surface area contributed by atoms with Crippen molar-refractivity contribution in [1.82, 2.24) is 4.90 Å². The fourth-order valence-corrected chi connectivity index (χ4v) is 2.53. The van der Waals surface area contributed by atoms with Gasteiger partial charge in [0.2, 0.25) is 0 Å². The third-order valence-corrected chi connectivity index (χ3v) is 4.27. The quantitative estimate of drug-likeness (QED) is 0.718. The van der Waals surface area contributed by atoms with Crippen LogP contribution in [0, 0.1) is 11.6 Å². The Balaban J connectivity index is 2.77. The zero-order valence-corrected chi connectivity index (χ0v) is 13.1. The van der Waals surface area contributed by atoms with Gasteiger partial charge >= 0.3 is 0 Å². The maximum atomic E-state index is 13.2. The largest absolute Gasteiger partial charge is 0.294 e. The normalized spacial score (nSPS) is 14.3. The summed E-state index contributed by atoms with van der Waals surface area (Å²) in [6, 6.07) is 3.18. The van der Waals surface area contributed by atoms with Crippen LogP contribution in [-0.2, 0) is 0 Å². The molecule has 0 aliphatic carbocycles. The van der Waals surface area contributed by atoms with E-state index < -0.39 is 11.6 Å². The second kappa shape index (κ2) is 7.74. The predicted octanol–water partition coefficient (Wildman–Crippen LogP) is 3.61. The van der Waals surface area contributed by atoms with Crippen molar-refractivity contribution in [3.8, 4) is 0 Å². The van der Waals surface area contributed by atoms with E-state index in [4.69, 9.17) is 0 Å². The molecule has 0 saturated heterocycles.